The van der Waals surface area contributed by atoms with Crippen LogP contribution >= 0.6 is 0 Å². The number of guanidine groups is 1. The Morgan fingerprint density at radius 1 is 1.30 bits per heavy atom. The SMILES string of the molecule is CN=C(NCc1ccc(-n2ccnc2)c(F)c1)NCC1CC(=O)Nc2ccccc21. The van der Waals surface area contributed by atoms with E-state index in [1.807, 2.05) is 30.3 Å². The van der Waals surface area contributed by atoms with E-state index in [4.69, 9.17) is 0 Å². The van der Waals surface area contributed by atoms with Gasteiger partial charge in [0.05, 0.1) is 12.0 Å². The molecule has 0 spiro atoms. The van der Waals surface area contributed by atoms with Crippen molar-refractivity contribution in [1.82, 2.24) is 20.2 Å². The number of carbonyl (C=O) groups excluding carboxylic acids is 1. The van der Waals surface area contributed by atoms with Crippen molar-refractivity contribution in [3.05, 3.63) is 78.1 Å². The summed E-state index contributed by atoms with van der Waals surface area (Å²) in [4.78, 5) is 20.2. The van der Waals surface area contributed by atoms with Crippen molar-refractivity contribution in [3.63, 3.8) is 0 Å². The lowest BCUT2D eigenvalue weighted by Gasteiger charge is -2.26. The molecule has 1 aliphatic rings. The number of nitrogens with zero attached hydrogens (tertiary/aromatic N) is 3. The van der Waals surface area contributed by atoms with E-state index in [0.717, 1.165) is 16.8 Å². The van der Waals surface area contributed by atoms with Gasteiger partial charge in [-0.25, -0.2) is 9.37 Å². The number of rotatable bonds is 5. The number of carbonyl (C=O) groups is 1. The van der Waals surface area contributed by atoms with Gasteiger partial charge in [-0.2, -0.15) is 0 Å². The van der Waals surface area contributed by atoms with Crippen molar-refractivity contribution in [2.75, 3.05) is 18.9 Å². The molecule has 1 aliphatic heterocycles. The van der Waals surface area contributed by atoms with E-state index < -0.39 is 0 Å². The molecular weight excluding hydrogens is 383 g/mol. The quantitative estimate of drug-likeness (QED) is 0.449. The Balaban J connectivity index is 1.36. The summed E-state index contributed by atoms with van der Waals surface area (Å²) in [7, 11) is 1.68. The number of aliphatic imine (C=N–C) groups is 1. The molecular formula is C22H23FN6O. The van der Waals surface area contributed by atoms with E-state index in [2.05, 4.69) is 25.9 Å². The number of hydrogen-bond acceptors (Lipinski definition) is 3. The van der Waals surface area contributed by atoms with Crippen molar-refractivity contribution in [3.8, 4) is 5.69 Å². The molecule has 0 fully saturated rings. The summed E-state index contributed by atoms with van der Waals surface area (Å²) in [6.07, 6.45) is 5.29. The first-order chi connectivity index (χ1) is 14.6. The maximum Gasteiger partial charge on any atom is 0.225 e. The highest BCUT2D eigenvalue weighted by atomic mass is 19.1. The second-order valence-electron chi connectivity index (χ2n) is 7.10. The largest absolute Gasteiger partial charge is 0.356 e. The van der Waals surface area contributed by atoms with Crippen LogP contribution in [0.3, 0.4) is 0 Å². The Hall–Kier alpha value is -3.68. The van der Waals surface area contributed by atoms with Crippen LogP contribution < -0.4 is 16.0 Å². The normalized spacial score (nSPS) is 16.0. The summed E-state index contributed by atoms with van der Waals surface area (Å²) < 4.78 is 16.1. The van der Waals surface area contributed by atoms with Crippen LogP contribution in [0, 0.1) is 5.82 Å². The molecule has 8 heteroatoms. The predicted octanol–water partition coefficient (Wildman–Crippen LogP) is 2.80. The predicted molar refractivity (Wildman–Crippen MR) is 114 cm³/mol. The fourth-order valence-corrected chi connectivity index (χ4v) is 3.58. The van der Waals surface area contributed by atoms with Crippen LogP contribution in [0.25, 0.3) is 5.69 Å². The molecule has 0 saturated carbocycles. The van der Waals surface area contributed by atoms with E-state index >= 15 is 0 Å². The molecule has 154 valence electrons. The molecule has 2 heterocycles. The van der Waals surface area contributed by atoms with E-state index in [-0.39, 0.29) is 17.6 Å². The van der Waals surface area contributed by atoms with Gasteiger partial charge in [0.15, 0.2) is 5.96 Å². The zero-order chi connectivity index (χ0) is 20.9. The molecule has 1 aromatic heterocycles. The first kappa shape index (κ1) is 19.6. The Labute approximate surface area is 174 Å². The molecule has 0 radical (unpaired) electrons. The molecule has 0 saturated heterocycles. The lowest BCUT2D eigenvalue weighted by Crippen LogP contribution is -2.40. The van der Waals surface area contributed by atoms with Crippen LogP contribution in [0.1, 0.15) is 23.5 Å². The minimum Gasteiger partial charge on any atom is -0.356 e. The zero-order valence-corrected chi connectivity index (χ0v) is 16.6. The minimum absolute atomic E-state index is 0.0110. The number of amides is 1. The molecule has 3 aromatic rings. The second kappa shape index (κ2) is 8.77. The summed E-state index contributed by atoms with van der Waals surface area (Å²) in [5.41, 5.74) is 3.21. The fraction of sp³-hybridized carbons (Fsp3) is 0.227. The highest BCUT2D eigenvalue weighted by Gasteiger charge is 2.24. The van der Waals surface area contributed by atoms with Crippen molar-refractivity contribution in [2.45, 2.75) is 18.9 Å². The molecule has 1 atom stereocenters. The van der Waals surface area contributed by atoms with Crippen LogP contribution in [0.2, 0.25) is 0 Å². The second-order valence-corrected chi connectivity index (χ2v) is 7.10. The molecule has 2 aromatic carbocycles. The van der Waals surface area contributed by atoms with Crippen molar-refractivity contribution in [1.29, 1.82) is 0 Å². The molecule has 0 aliphatic carbocycles. The maximum atomic E-state index is 14.4. The van der Waals surface area contributed by atoms with Crippen LogP contribution in [0.5, 0.6) is 0 Å². The summed E-state index contributed by atoms with van der Waals surface area (Å²) in [6.45, 7) is 0.987. The van der Waals surface area contributed by atoms with E-state index in [0.29, 0.717) is 31.2 Å². The Kier molecular flexibility index (Phi) is 5.74. The third-order valence-corrected chi connectivity index (χ3v) is 5.10. The number of hydrogen-bond donors (Lipinski definition) is 3. The molecule has 1 amide bonds. The average molecular weight is 406 g/mol. The molecule has 30 heavy (non-hydrogen) atoms. The highest BCUT2D eigenvalue weighted by molar-refractivity contribution is 5.94. The third kappa shape index (κ3) is 4.32. The van der Waals surface area contributed by atoms with Gasteiger partial charge in [0, 0.05) is 50.6 Å². The Morgan fingerprint density at radius 3 is 2.93 bits per heavy atom. The van der Waals surface area contributed by atoms with Gasteiger partial charge >= 0.3 is 0 Å². The van der Waals surface area contributed by atoms with Gasteiger partial charge in [-0.15, -0.1) is 0 Å². The van der Waals surface area contributed by atoms with Gasteiger partial charge in [-0.05, 0) is 29.3 Å². The van der Waals surface area contributed by atoms with Gasteiger partial charge in [-0.1, -0.05) is 24.3 Å². The van der Waals surface area contributed by atoms with E-state index in [1.54, 1.807) is 36.4 Å². The lowest BCUT2D eigenvalue weighted by atomic mass is 9.90. The molecule has 1 unspecified atom stereocenters. The van der Waals surface area contributed by atoms with Crippen molar-refractivity contribution >= 4 is 17.6 Å². The number of nitrogens with one attached hydrogen (secondary N) is 3. The van der Waals surface area contributed by atoms with Crippen LogP contribution in [-0.4, -0.2) is 35.0 Å². The van der Waals surface area contributed by atoms with Gasteiger partial charge in [0.2, 0.25) is 5.91 Å². The summed E-state index contributed by atoms with van der Waals surface area (Å²) in [5.74, 6) is 0.343. The highest BCUT2D eigenvalue weighted by Crippen LogP contribution is 2.31. The van der Waals surface area contributed by atoms with Crippen molar-refractivity contribution in [2.24, 2.45) is 4.99 Å². The summed E-state index contributed by atoms with van der Waals surface area (Å²) in [5, 5.41) is 9.37. The smallest absolute Gasteiger partial charge is 0.225 e. The Bertz CT molecular complexity index is 1060. The number of benzene rings is 2. The first-order valence-corrected chi connectivity index (χ1v) is 9.74. The van der Waals surface area contributed by atoms with Crippen molar-refractivity contribution < 1.29 is 9.18 Å². The molecule has 7 nitrogen and oxygen atoms in total. The van der Waals surface area contributed by atoms with E-state index in [1.165, 1.54) is 6.07 Å². The number of anilines is 1. The lowest BCUT2D eigenvalue weighted by molar-refractivity contribution is -0.116. The van der Waals surface area contributed by atoms with Crippen LogP contribution in [0.4, 0.5) is 10.1 Å². The molecule has 0 bridgehead atoms. The van der Waals surface area contributed by atoms with E-state index in [9.17, 15) is 9.18 Å². The zero-order valence-electron chi connectivity index (χ0n) is 16.6. The third-order valence-electron chi connectivity index (χ3n) is 5.10. The molecule has 4 rings (SSSR count). The Morgan fingerprint density at radius 2 is 2.17 bits per heavy atom. The van der Waals surface area contributed by atoms with Gasteiger partial charge in [0.1, 0.15) is 5.82 Å². The average Bonchev–Trinajstić information content (AvgIpc) is 3.28. The number of para-hydroxylation sites is 1. The van der Waals surface area contributed by atoms with Gasteiger partial charge < -0.3 is 20.5 Å². The number of fused-ring (bicyclic) bond motifs is 1. The van der Waals surface area contributed by atoms with Gasteiger partial charge in [0.25, 0.3) is 0 Å². The van der Waals surface area contributed by atoms with Crippen LogP contribution in [0.15, 0.2) is 66.2 Å². The van der Waals surface area contributed by atoms with Gasteiger partial charge in [-0.3, -0.25) is 9.79 Å². The maximum absolute atomic E-state index is 14.4. The number of aromatic nitrogens is 2. The standard InChI is InChI=1S/C22H23FN6O/c1-24-22(27-13-16-11-21(30)28-19-5-3-2-4-17(16)19)26-12-15-6-7-20(18(23)10-15)29-9-8-25-14-29/h2-10,14,16H,11-13H2,1H3,(H,28,30)(H2,24,26,27). The monoisotopic (exact) mass is 406 g/mol. The fourth-order valence-electron chi connectivity index (χ4n) is 3.58. The number of halogens is 1. The number of imidazole rings is 1. The van der Waals surface area contributed by atoms with Crippen LogP contribution in [-0.2, 0) is 11.3 Å². The summed E-state index contributed by atoms with van der Waals surface area (Å²) in [6, 6.07) is 12.9. The molecule has 3 N–H and O–H groups in total. The summed E-state index contributed by atoms with van der Waals surface area (Å²) >= 11 is 0. The first-order valence-electron chi connectivity index (χ1n) is 9.74. The minimum atomic E-state index is -0.319. The topological polar surface area (TPSA) is 83.3 Å².